The summed E-state index contributed by atoms with van der Waals surface area (Å²) in [7, 11) is -2.45. The Balaban J connectivity index is 1.83. The van der Waals surface area contributed by atoms with E-state index in [9.17, 15) is 18.0 Å². The first-order valence-corrected chi connectivity index (χ1v) is 12.5. The summed E-state index contributed by atoms with van der Waals surface area (Å²) in [5, 5.41) is 5.37. The molecule has 0 aromatic heterocycles. The van der Waals surface area contributed by atoms with E-state index >= 15 is 0 Å². The van der Waals surface area contributed by atoms with Crippen LogP contribution in [-0.4, -0.2) is 44.7 Å². The molecule has 0 aliphatic heterocycles. The number of ether oxygens (including phenoxy) is 1. The van der Waals surface area contributed by atoms with Crippen LogP contribution in [0.4, 0.5) is 11.4 Å². The molecule has 9 heteroatoms. The molecule has 3 aromatic rings. The van der Waals surface area contributed by atoms with E-state index in [1.165, 1.54) is 24.4 Å². The number of methoxy groups -OCH3 is 1. The lowest BCUT2D eigenvalue weighted by Gasteiger charge is -2.22. The molecule has 0 unspecified atom stereocenters. The van der Waals surface area contributed by atoms with E-state index in [0.29, 0.717) is 29.1 Å². The fourth-order valence-electron chi connectivity index (χ4n) is 3.58. The van der Waals surface area contributed by atoms with Crippen LogP contribution in [0.2, 0.25) is 0 Å². The lowest BCUT2D eigenvalue weighted by molar-refractivity contribution is -0.116. The van der Waals surface area contributed by atoms with Crippen molar-refractivity contribution in [1.29, 1.82) is 0 Å². The highest BCUT2D eigenvalue weighted by molar-refractivity contribution is 7.89. The molecule has 0 saturated carbocycles. The molecule has 3 aromatic carbocycles. The standard InChI is InChI=1S/C26H29N3O5S/c1-19-16-24(12-13-25(19)34-3)35(32,33)29(15-14-21-8-5-4-6-9-21)18-26(31)28-23-11-7-10-22(17-23)27-20(2)30/h4-13,16-17H,14-15,18H2,1-3H3,(H,27,30)(H,28,31). The van der Waals surface area contributed by atoms with Crippen molar-refractivity contribution in [3.05, 3.63) is 83.9 Å². The highest BCUT2D eigenvalue weighted by atomic mass is 32.2. The number of nitrogens with zero attached hydrogens (tertiary/aromatic N) is 1. The van der Waals surface area contributed by atoms with Crippen LogP contribution >= 0.6 is 0 Å². The van der Waals surface area contributed by atoms with Gasteiger partial charge in [0.1, 0.15) is 5.75 Å². The summed E-state index contributed by atoms with van der Waals surface area (Å²) in [5.74, 6) is -0.148. The number of anilines is 2. The number of sulfonamides is 1. The Morgan fingerprint density at radius 1 is 0.914 bits per heavy atom. The number of hydrogen-bond acceptors (Lipinski definition) is 5. The molecule has 0 atom stereocenters. The van der Waals surface area contributed by atoms with Gasteiger partial charge in [0.05, 0.1) is 18.6 Å². The Labute approximate surface area is 206 Å². The second-order valence-electron chi connectivity index (χ2n) is 8.02. The van der Waals surface area contributed by atoms with Crippen molar-refractivity contribution < 1.29 is 22.7 Å². The first-order chi connectivity index (χ1) is 16.7. The normalized spacial score (nSPS) is 11.2. The van der Waals surface area contributed by atoms with E-state index in [4.69, 9.17) is 4.74 Å². The number of rotatable bonds is 10. The van der Waals surface area contributed by atoms with Gasteiger partial charge in [0.2, 0.25) is 21.8 Å². The van der Waals surface area contributed by atoms with Crippen molar-refractivity contribution >= 4 is 33.2 Å². The Morgan fingerprint density at radius 3 is 2.23 bits per heavy atom. The van der Waals surface area contributed by atoms with Gasteiger partial charge in [-0.1, -0.05) is 36.4 Å². The Morgan fingerprint density at radius 2 is 1.60 bits per heavy atom. The van der Waals surface area contributed by atoms with Gasteiger partial charge in [-0.25, -0.2) is 8.42 Å². The molecule has 2 amide bonds. The number of benzene rings is 3. The number of nitrogens with one attached hydrogen (secondary N) is 2. The van der Waals surface area contributed by atoms with Crippen LogP contribution in [0.5, 0.6) is 5.75 Å². The molecule has 2 N–H and O–H groups in total. The van der Waals surface area contributed by atoms with Gasteiger partial charge >= 0.3 is 0 Å². The smallest absolute Gasteiger partial charge is 0.243 e. The summed E-state index contributed by atoms with van der Waals surface area (Å²) in [4.78, 5) is 24.3. The molecule has 0 fully saturated rings. The van der Waals surface area contributed by atoms with E-state index in [2.05, 4.69) is 10.6 Å². The maximum atomic E-state index is 13.5. The first-order valence-electron chi connectivity index (χ1n) is 11.1. The molecule has 3 rings (SSSR count). The number of hydrogen-bond donors (Lipinski definition) is 2. The molecular weight excluding hydrogens is 466 g/mol. The number of aryl methyl sites for hydroxylation is 1. The third-order valence-corrected chi connectivity index (χ3v) is 7.12. The van der Waals surface area contributed by atoms with Gasteiger partial charge in [-0.05, 0) is 60.9 Å². The van der Waals surface area contributed by atoms with Gasteiger partial charge in [-0.2, -0.15) is 4.31 Å². The van der Waals surface area contributed by atoms with Crippen molar-refractivity contribution in [2.75, 3.05) is 30.8 Å². The summed E-state index contributed by atoms with van der Waals surface area (Å²) in [6.45, 7) is 2.91. The molecule has 0 spiro atoms. The van der Waals surface area contributed by atoms with Crippen molar-refractivity contribution in [2.45, 2.75) is 25.2 Å². The van der Waals surface area contributed by atoms with Gasteiger partial charge in [-0.15, -0.1) is 0 Å². The van der Waals surface area contributed by atoms with Gasteiger partial charge in [0.15, 0.2) is 0 Å². The molecule has 0 saturated heterocycles. The fraction of sp³-hybridized carbons (Fsp3) is 0.231. The minimum absolute atomic E-state index is 0.0873. The van der Waals surface area contributed by atoms with Gasteiger partial charge in [0, 0.05) is 24.8 Å². The lowest BCUT2D eigenvalue weighted by Crippen LogP contribution is -2.39. The highest BCUT2D eigenvalue weighted by Gasteiger charge is 2.27. The van der Waals surface area contributed by atoms with E-state index in [0.717, 1.165) is 5.56 Å². The molecule has 0 heterocycles. The summed E-state index contributed by atoms with van der Waals surface area (Å²) in [6.07, 6.45) is 0.445. The number of carbonyl (C=O) groups excluding carboxylic acids is 2. The number of amides is 2. The Hall–Kier alpha value is -3.69. The monoisotopic (exact) mass is 495 g/mol. The van der Waals surface area contributed by atoms with E-state index in [-0.39, 0.29) is 23.9 Å². The third-order valence-electron chi connectivity index (χ3n) is 5.28. The third kappa shape index (κ3) is 7.14. The zero-order valence-corrected chi connectivity index (χ0v) is 20.8. The topological polar surface area (TPSA) is 105 Å². The van der Waals surface area contributed by atoms with Gasteiger partial charge in [0.25, 0.3) is 0 Å². The zero-order valence-electron chi connectivity index (χ0n) is 19.9. The van der Waals surface area contributed by atoms with E-state index in [1.807, 2.05) is 30.3 Å². The maximum absolute atomic E-state index is 13.5. The van der Waals surface area contributed by atoms with Crippen LogP contribution in [0.3, 0.4) is 0 Å². The molecule has 0 bridgehead atoms. The number of carbonyl (C=O) groups is 2. The molecular formula is C26H29N3O5S. The quantitative estimate of drug-likeness (QED) is 0.445. The average molecular weight is 496 g/mol. The molecule has 8 nitrogen and oxygen atoms in total. The second kappa shape index (κ2) is 11.6. The van der Waals surface area contributed by atoms with Crippen LogP contribution in [0.25, 0.3) is 0 Å². The molecule has 35 heavy (non-hydrogen) atoms. The van der Waals surface area contributed by atoms with Crippen LogP contribution < -0.4 is 15.4 Å². The largest absolute Gasteiger partial charge is 0.496 e. The predicted octanol–water partition coefficient (Wildman–Crippen LogP) is 3.83. The van der Waals surface area contributed by atoms with Crippen LogP contribution in [0.1, 0.15) is 18.1 Å². The van der Waals surface area contributed by atoms with Crippen LogP contribution in [-0.2, 0) is 26.0 Å². The minimum atomic E-state index is -3.97. The predicted molar refractivity (Wildman–Crippen MR) is 136 cm³/mol. The van der Waals surface area contributed by atoms with Crippen LogP contribution in [0, 0.1) is 6.92 Å². The fourth-order valence-corrected chi connectivity index (χ4v) is 5.06. The van der Waals surface area contributed by atoms with Crippen molar-refractivity contribution in [1.82, 2.24) is 4.31 Å². The highest BCUT2D eigenvalue weighted by Crippen LogP contribution is 2.24. The molecule has 0 aliphatic carbocycles. The lowest BCUT2D eigenvalue weighted by atomic mass is 10.1. The van der Waals surface area contributed by atoms with E-state index < -0.39 is 15.9 Å². The SMILES string of the molecule is COc1ccc(S(=O)(=O)N(CCc2ccccc2)CC(=O)Nc2cccc(NC(C)=O)c2)cc1C. The molecule has 184 valence electrons. The van der Waals surface area contributed by atoms with Gasteiger partial charge in [-0.3, -0.25) is 9.59 Å². The summed E-state index contributed by atoms with van der Waals surface area (Å²) < 4.78 is 33.5. The maximum Gasteiger partial charge on any atom is 0.243 e. The summed E-state index contributed by atoms with van der Waals surface area (Å²) in [6, 6.07) is 20.8. The molecule has 0 aliphatic rings. The Bertz CT molecular complexity index is 1290. The minimum Gasteiger partial charge on any atom is -0.496 e. The van der Waals surface area contributed by atoms with Crippen molar-refractivity contribution in [2.24, 2.45) is 0 Å². The Kier molecular flexibility index (Phi) is 8.62. The van der Waals surface area contributed by atoms with Crippen molar-refractivity contribution in [3.8, 4) is 5.75 Å². The second-order valence-corrected chi connectivity index (χ2v) is 9.95. The van der Waals surface area contributed by atoms with Gasteiger partial charge < -0.3 is 15.4 Å². The van der Waals surface area contributed by atoms with Crippen molar-refractivity contribution in [3.63, 3.8) is 0 Å². The van der Waals surface area contributed by atoms with E-state index in [1.54, 1.807) is 43.3 Å². The average Bonchev–Trinajstić information content (AvgIpc) is 2.82. The van der Waals surface area contributed by atoms with Crippen LogP contribution in [0.15, 0.2) is 77.7 Å². The first kappa shape index (κ1) is 25.9. The summed E-state index contributed by atoms with van der Waals surface area (Å²) >= 11 is 0. The zero-order chi connectivity index (χ0) is 25.4. The molecule has 0 radical (unpaired) electrons. The summed E-state index contributed by atoms with van der Waals surface area (Å²) in [5.41, 5.74) is 2.61.